The summed E-state index contributed by atoms with van der Waals surface area (Å²) in [6.45, 7) is 8.08. The smallest absolute Gasteiger partial charge is 0.243 e. The summed E-state index contributed by atoms with van der Waals surface area (Å²) in [5.74, 6) is -0.426. The van der Waals surface area contributed by atoms with Crippen molar-refractivity contribution in [2.24, 2.45) is 0 Å². The van der Waals surface area contributed by atoms with Gasteiger partial charge in [0.1, 0.15) is 6.04 Å². The third-order valence-electron chi connectivity index (χ3n) is 6.41. The van der Waals surface area contributed by atoms with Crippen LogP contribution in [0.2, 0.25) is 0 Å². The number of nitrogens with one attached hydrogen (secondary N) is 1. The van der Waals surface area contributed by atoms with E-state index in [0.717, 1.165) is 16.7 Å². The zero-order chi connectivity index (χ0) is 29.3. The molecule has 2 amide bonds. The predicted octanol–water partition coefficient (Wildman–Crippen LogP) is 5.10. The molecular formula is C32H41N3O4S. The first-order chi connectivity index (χ1) is 18.8. The molecule has 0 aliphatic carbocycles. The SMILES string of the molecule is Cc1cccc(N(CCCC(=O)N(Cc2ccccc2)C(Cc2ccccc2)C(=O)NC(C)(C)C)S(C)(=O)=O)c1. The highest BCUT2D eigenvalue weighted by atomic mass is 32.2. The average molecular weight is 564 g/mol. The second kappa shape index (κ2) is 13.6. The maximum Gasteiger partial charge on any atom is 0.243 e. The monoisotopic (exact) mass is 563 g/mol. The van der Waals surface area contributed by atoms with Gasteiger partial charge in [-0.3, -0.25) is 13.9 Å². The number of anilines is 1. The summed E-state index contributed by atoms with van der Waals surface area (Å²) in [5.41, 5.74) is 2.91. The number of amides is 2. The lowest BCUT2D eigenvalue weighted by molar-refractivity contribution is -0.142. The number of hydrogen-bond donors (Lipinski definition) is 1. The van der Waals surface area contributed by atoms with Crippen LogP contribution in [-0.4, -0.2) is 49.5 Å². The van der Waals surface area contributed by atoms with Crippen LogP contribution in [0.4, 0.5) is 5.69 Å². The van der Waals surface area contributed by atoms with Crippen molar-refractivity contribution >= 4 is 27.5 Å². The number of aryl methyl sites for hydroxylation is 1. The van der Waals surface area contributed by atoms with E-state index in [9.17, 15) is 18.0 Å². The van der Waals surface area contributed by atoms with Gasteiger partial charge in [-0.25, -0.2) is 8.42 Å². The Bertz CT molecular complexity index is 1370. The lowest BCUT2D eigenvalue weighted by atomic mass is 10.00. The molecule has 1 atom stereocenters. The molecule has 0 aliphatic rings. The fourth-order valence-corrected chi connectivity index (χ4v) is 5.53. The van der Waals surface area contributed by atoms with Gasteiger partial charge in [-0.05, 0) is 62.9 Å². The summed E-state index contributed by atoms with van der Waals surface area (Å²) in [4.78, 5) is 29.1. The minimum absolute atomic E-state index is 0.0960. The number of carbonyl (C=O) groups excluding carboxylic acids is 2. The lowest BCUT2D eigenvalue weighted by Gasteiger charge is -2.34. The van der Waals surface area contributed by atoms with Gasteiger partial charge in [-0.2, -0.15) is 0 Å². The van der Waals surface area contributed by atoms with Crippen molar-refractivity contribution in [2.75, 3.05) is 17.1 Å². The summed E-state index contributed by atoms with van der Waals surface area (Å²) in [6, 6.07) is 25.8. The van der Waals surface area contributed by atoms with Gasteiger partial charge in [0.25, 0.3) is 0 Å². The molecule has 1 unspecified atom stereocenters. The van der Waals surface area contributed by atoms with Gasteiger partial charge < -0.3 is 10.2 Å². The normalized spacial score (nSPS) is 12.4. The first kappa shape index (κ1) is 30.9. The largest absolute Gasteiger partial charge is 0.350 e. The van der Waals surface area contributed by atoms with E-state index in [1.807, 2.05) is 107 Å². The molecule has 0 fully saturated rings. The van der Waals surface area contributed by atoms with Crippen LogP contribution in [0.15, 0.2) is 84.9 Å². The number of carbonyl (C=O) groups is 2. The van der Waals surface area contributed by atoms with Crippen molar-refractivity contribution in [3.63, 3.8) is 0 Å². The van der Waals surface area contributed by atoms with Crippen LogP contribution in [0.5, 0.6) is 0 Å². The molecule has 0 radical (unpaired) electrons. The van der Waals surface area contributed by atoms with E-state index in [1.165, 1.54) is 10.6 Å². The van der Waals surface area contributed by atoms with Gasteiger partial charge in [-0.15, -0.1) is 0 Å². The zero-order valence-electron chi connectivity index (χ0n) is 24.1. The van der Waals surface area contributed by atoms with Gasteiger partial charge in [0, 0.05) is 31.5 Å². The molecule has 0 aliphatic heterocycles. The van der Waals surface area contributed by atoms with Crippen LogP contribution in [0, 0.1) is 6.92 Å². The van der Waals surface area contributed by atoms with E-state index in [-0.39, 0.29) is 31.3 Å². The number of hydrogen-bond acceptors (Lipinski definition) is 4. The molecule has 3 rings (SSSR count). The van der Waals surface area contributed by atoms with Gasteiger partial charge >= 0.3 is 0 Å². The molecule has 1 N–H and O–H groups in total. The first-order valence-corrected chi connectivity index (χ1v) is 15.4. The average Bonchev–Trinajstić information content (AvgIpc) is 2.88. The van der Waals surface area contributed by atoms with Crippen molar-refractivity contribution in [1.29, 1.82) is 0 Å². The van der Waals surface area contributed by atoms with Crippen LogP contribution in [0.1, 0.15) is 50.3 Å². The number of sulfonamides is 1. The van der Waals surface area contributed by atoms with E-state index < -0.39 is 21.6 Å². The Morgan fingerprint density at radius 2 is 1.48 bits per heavy atom. The summed E-state index contributed by atoms with van der Waals surface area (Å²) in [6.07, 6.45) is 1.94. The van der Waals surface area contributed by atoms with Crippen molar-refractivity contribution in [2.45, 2.75) is 65.1 Å². The van der Waals surface area contributed by atoms with Crippen LogP contribution in [0.3, 0.4) is 0 Å². The third-order valence-corrected chi connectivity index (χ3v) is 7.60. The molecule has 3 aromatic rings. The fourth-order valence-electron chi connectivity index (χ4n) is 4.57. The van der Waals surface area contributed by atoms with Crippen molar-refractivity contribution in [3.8, 4) is 0 Å². The van der Waals surface area contributed by atoms with E-state index in [1.54, 1.807) is 11.0 Å². The van der Waals surface area contributed by atoms with Crippen LogP contribution in [-0.2, 0) is 32.6 Å². The van der Waals surface area contributed by atoms with Crippen LogP contribution >= 0.6 is 0 Å². The van der Waals surface area contributed by atoms with Crippen molar-refractivity contribution in [1.82, 2.24) is 10.2 Å². The summed E-state index contributed by atoms with van der Waals surface area (Å²) < 4.78 is 26.5. The minimum atomic E-state index is -3.55. The highest BCUT2D eigenvalue weighted by molar-refractivity contribution is 7.92. The Kier molecular flexibility index (Phi) is 10.5. The topological polar surface area (TPSA) is 86.8 Å². The molecule has 0 saturated carbocycles. The quantitative estimate of drug-likeness (QED) is 0.332. The maximum absolute atomic E-state index is 13.8. The summed E-state index contributed by atoms with van der Waals surface area (Å²) in [5, 5.41) is 3.06. The van der Waals surface area contributed by atoms with Gasteiger partial charge in [0.15, 0.2) is 0 Å². The highest BCUT2D eigenvalue weighted by Crippen LogP contribution is 2.21. The van der Waals surface area contributed by atoms with E-state index in [0.29, 0.717) is 18.5 Å². The first-order valence-electron chi connectivity index (χ1n) is 13.6. The predicted molar refractivity (Wildman–Crippen MR) is 161 cm³/mol. The second-order valence-corrected chi connectivity index (χ2v) is 13.1. The molecule has 0 spiro atoms. The number of rotatable bonds is 12. The Morgan fingerprint density at radius 1 is 0.875 bits per heavy atom. The molecule has 0 saturated heterocycles. The minimum Gasteiger partial charge on any atom is -0.350 e. The van der Waals surface area contributed by atoms with Crippen LogP contribution < -0.4 is 9.62 Å². The summed E-state index contributed by atoms with van der Waals surface area (Å²) in [7, 11) is -3.55. The van der Waals surface area contributed by atoms with E-state index in [2.05, 4.69) is 5.32 Å². The van der Waals surface area contributed by atoms with Crippen LogP contribution in [0.25, 0.3) is 0 Å². The van der Waals surface area contributed by atoms with Crippen molar-refractivity contribution < 1.29 is 18.0 Å². The second-order valence-electron chi connectivity index (χ2n) is 11.2. The Hall–Kier alpha value is -3.65. The molecular weight excluding hydrogens is 522 g/mol. The highest BCUT2D eigenvalue weighted by Gasteiger charge is 2.32. The molecule has 7 nitrogen and oxygen atoms in total. The van der Waals surface area contributed by atoms with E-state index in [4.69, 9.17) is 0 Å². The Morgan fingerprint density at radius 3 is 2.02 bits per heavy atom. The molecule has 214 valence electrons. The molecule has 0 bridgehead atoms. The molecule has 3 aromatic carbocycles. The number of benzene rings is 3. The molecule has 0 aromatic heterocycles. The lowest BCUT2D eigenvalue weighted by Crippen LogP contribution is -2.54. The molecule has 0 heterocycles. The van der Waals surface area contributed by atoms with E-state index >= 15 is 0 Å². The fraction of sp³-hybridized carbons (Fsp3) is 0.375. The Labute approximate surface area is 239 Å². The van der Waals surface area contributed by atoms with Gasteiger partial charge in [-0.1, -0.05) is 72.8 Å². The molecule has 8 heteroatoms. The van der Waals surface area contributed by atoms with Crippen molar-refractivity contribution in [3.05, 3.63) is 102 Å². The third kappa shape index (κ3) is 9.52. The summed E-state index contributed by atoms with van der Waals surface area (Å²) >= 11 is 0. The Balaban J connectivity index is 1.88. The number of nitrogens with zero attached hydrogens (tertiary/aromatic N) is 2. The maximum atomic E-state index is 13.8. The molecule has 40 heavy (non-hydrogen) atoms. The van der Waals surface area contributed by atoms with Gasteiger partial charge in [0.2, 0.25) is 21.8 Å². The zero-order valence-corrected chi connectivity index (χ0v) is 24.9. The standard InChI is InChI=1S/C32H41N3O4S/c1-25-14-12-19-28(22-25)35(40(5,38)39)21-13-20-30(36)34(24-27-17-10-7-11-18-27)29(31(37)33-32(2,3)4)23-26-15-8-6-9-16-26/h6-12,14-19,22,29H,13,20-21,23-24H2,1-5H3,(H,33,37). The van der Waals surface area contributed by atoms with Gasteiger partial charge in [0.05, 0.1) is 11.9 Å².